The molecule has 0 amide bonds. The van der Waals surface area contributed by atoms with Crippen LogP contribution in [-0.2, 0) is 0 Å². The molecule has 14 heavy (non-hydrogen) atoms. The fourth-order valence-electron chi connectivity index (χ4n) is 1.40. The summed E-state index contributed by atoms with van der Waals surface area (Å²) in [6.07, 6.45) is 0. The molecule has 0 saturated carbocycles. The highest BCUT2D eigenvalue weighted by atomic mass is 19.1. The van der Waals surface area contributed by atoms with Crippen molar-refractivity contribution < 1.29 is 8.81 Å². The number of rotatable bonds is 2. The van der Waals surface area contributed by atoms with Crippen LogP contribution in [0.5, 0.6) is 0 Å². The number of hydrogen-bond donors (Lipinski definition) is 1. The van der Waals surface area contributed by atoms with Crippen LogP contribution in [0, 0.1) is 5.82 Å². The van der Waals surface area contributed by atoms with Gasteiger partial charge < -0.3 is 9.73 Å². The first-order valence-electron chi connectivity index (χ1n) is 4.57. The van der Waals surface area contributed by atoms with Gasteiger partial charge in [0.05, 0.1) is 11.4 Å². The normalized spacial score (nSPS) is 13.4. The second kappa shape index (κ2) is 3.42. The molecule has 74 valence electrons. The van der Waals surface area contributed by atoms with Gasteiger partial charge in [0.25, 0.3) is 0 Å². The highest BCUT2D eigenvalue weighted by Gasteiger charge is 2.11. The molecule has 1 unspecified atom stereocenters. The Balaban J connectivity index is 2.56. The Morgan fingerprint density at radius 2 is 2.21 bits per heavy atom. The Hall–Kier alpha value is -1.35. The van der Waals surface area contributed by atoms with Crippen LogP contribution in [-0.4, -0.2) is 7.05 Å². The lowest BCUT2D eigenvalue weighted by molar-refractivity contribution is 0.475. The Kier molecular flexibility index (Phi) is 2.25. The van der Waals surface area contributed by atoms with E-state index in [0.29, 0.717) is 11.0 Å². The van der Waals surface area contributed by atoms with Crippen LogP contribution in [0.4, 0.5) is 4.39 Å². The maximum Gasteiger partial charge on any atom is 0.137 e. The highest BCUT2D eigenvalue weighted by molar-refractivity contribution is 5.78. The third kappa shape index (κ3) is 1.40. The summed E-state index contributed by atoms with van der Waals surface area (Å²) in [6.45, 7) is 1.97. The third-order valence-electron chi connectivity index (χ3n) is 2.39. The van der Waals surface area contributed by atoms with Crippen molar-refractivity contribution in [1.29, 1.82) is 0 Å². The zero-order chi connectivity index (χ0) is 10.1. The quantitative estimate of drug-likeness (QED) is 0.793. The summed E-state index contributed by atoms with van der Waals surface area (Å²) in [5, 5.41) is 3.59. The molecule has 0 spiro atoms. The van der Waals surface area contributed by atoms with Crippen molar-refractivity contribution in [2.45, 2.75) is 13.0 Å². The number of nitrogens with one attached hydrogen (secondary N) is 1. The molecule has 1 aromatic carbocycles. The van der Waals surface area contributed by atoms with E-state index >= 15 is 0 Å². The lowest BCUT2D eigenvalue weighted by Gasteiger charge is -2.04. The smallest absolute Gasteiger partial charge is 0.137 e. The van der Waals surface area contributed by atoms with Crippen molar-refractivity contribution in [3.63, 3.8) is 0 Å². The maximum absolute atomic E-state index is 13.3. The van der Waals surface area contributed by atoms with E-state index < -0.39 is 0 Å². The van der Waals surface area contributed by atoms with Gasteiger partial charge in [0.2, 0.25) is 0 Å². The largest absolute Gasteiger partial charge is 0.459 e. The van der Waals surface area contributed by atoms with Crippen molar-refractivity contribution in [3.05, 3.63) is 35.8 Å². The van der Waals surface area contributed by atoms with Crippen LogP contribution in [0.1, 0.15) is 18.7 Å². The maximum atomic E-state index is 13.3. The molecular formula is C11H12FNO. The minimum atomic E-state index is -0.235. The van der Waals surface area contributed by atoms with Crippen molar-refractivity contribution in [2.75, 3.05) is 7.05 Å². The standard InChI is InChI=1S/C11H12FNO/c1-7(13-2)11-6-8-9(12)4-3-5-10(8)14-11/h3-7,13H,1-2H3. The average molecular weight is 193 g/mol. The molecule has 1 heterocycles. The molecule has 0 aliphatic rings. The second-order valence-corrected chi connectivity index (χ2v) is 3.31. The first-order chi connectivity index (χ1) is 6.72. The first-order valence-corrected chi connectivity index (χ1v) is 4.57. The number of fused-ring (bicyclic) bond motifs is 1. The van der Waals surface area contributed by atoms with Gasteiger partial charge in [-0.15, -0.1) is 0 Å². The molecule has 0 fully saturated rings. The Morgan fingerprint density at radius 3 is 2.86 bits per heavy atom. The van der Waals surface area contributed by atoms with E-state index in [1.807, 2.05) is 14.0 Å². The zero-order valence-electron chi connectivity index (χ0n) is 8.17. The van der Waals surface area contributed by atoms with Gasteiger partial charge in [0.15, 0.2) is 0 Å². The summed E-state index contributed by atoms with van der Waals surface area (Å²) < 4.78 is 18.8. The van der Waals surface area contributed by atoms with E-state index in [1.54, 1.807) is 18.2 Å². The molecule has 0 saturated heterocycles. The molecule has 1 N–H and O–H groups in total. The van der Waals surface area contributed by atoms with Crippen LogP contribution in [0.25, 0.3) is 11.0 Å². The molecule has 1 atom stereocenters. The van der Waals surface area contributed by atoms with E-state index in [-0.39, 0.29) is 11.9 Å². The fraction of sp³-hybridized carbons (Fsp3) is 0.273. The average Bonchev–Trinajstić information content (AvgIpc) is 2.62. The van der Waals surface area contributed by atoms with Crippen LogP contribution >= 0.6 is 0 Å². The van der Waals surface area contributed by atoms with Gasteiger partial charge in [-0.2, -0.15) is 0 Å². The number of hydrogen-bond acceptors (Lipinski definition) is 2. The lowest BCUT2D eigenvalue weighted by Crippen LogP contribution is -2.10. The molecule has 2 nitrogen and oxygen atoms in total. The van der Waals surface area contributed by atoms with Crippen molar-refractivity contribution in [3.8, 4) is 0 Å². The molecule has 1 aromatic heterocycles. The van der Waals surface area contributed by atoms with Gasteiger partial charge in [0.1, 0.15) is 17.2 Å². The third-order valence-corrected chi connectivity index (χ3v) is 2.39. The number of furan rings is 1. The van der Waals surface area contributed by atoms with E-state index in [2.05, 4.69) is 5.32 Å². The van der Waals surface area contributed by atoms with E-state index in [4.69, 9.17) is 4.42 Å². The van der Waals surface area contributed by atoms with Crippen LogP contribution in [0.15, 0.2) is 28.7 Å². The summed E-state index contributed by atoms with van der Waals surface area (Å²) in [7, 11) is 1.84. The molecule has 2 aromatic rings. The number of benzene rings is 1. The predicted molar refractivity (Wildman–Crippen MR) is 53.6 cm³/mol. The predicted octanol–water partition coefficient (Wildman–Crippen LogP) is 2.85. The van der Waals surface area contributed by atoms with Crippen LogP contribution in [0.2, 0.25) is 0 Å². The summed E-state index contributed by atoms with van der Waals surface area (Å²) in [6, 6.07) is 6.69. The Bertz CT molecular complexity index is 449. The molecular weight excluding hydrogens is 181 g/mol. The Labute approximate surface area is 81.7 Å². The second-order valence-electron chi connectivity index (χ2n) is 3.31. The molecule has 0 aliphatic heterocycles. The van der Waals surface area contributed by atoms with Gasteiger partial charge in [0, 0.05) is 0 Å². The monoisotopic (exact) mass is 193 g/mol. The van der Waals surface area contributed by atoms with E-state index in [1.165, 1.54) is 6.07 Å². The van der Waals surface area contributed by atoms with Gasteiger partial charge in [-0.25, -0.2) is 4.39 Å². The van der Waals surface area contributed by atoms with Gasteiger partial charge in [-0.1, -0.05) is 6.07 Å². The van der Waals surface area contributed by atoms with E-state index in [9.17, 15) is 4.39 Å². The summed E-state index contributed by atoms with van der Waals surface area (Å²) in [5.74, 6) is 0.522. The molecule has 3 heteroatoms. The van der Waals surface area contributed by atoms with Crippen molar-refractivity contribution >= 4 is 11.0 Å². The molecule has 0 aliphatic carbocycles. The number of halogens is 1. The zero-order valence-corrected chi connectivity index (χ0v) is 8.17. The minimum absolute atomic E-state index is 0.0989. The summed E-state index contributed by atoms with van der Waals surface area (Å²) in [4.78, 5) is 0. The van der Waals surface area contributed by atoms with Crippen LogP contribution < -0.4 is 5.32 Å². The first kappa shape index (κ1) is 9.21. The fourth-order valence-corrected chi connectivity index (χ4v) is 1.40. The highest BCUT2D eigenvalue weighted by Crippen LogP contribution is 2.25. The molecule has 0 radical (unpaired) electrons. The minimum Gasteiger partial charge on any atom is -0.459 e. The molecule has 0 bridgehead atoms. The lowest BCUT2D eigenvalue weighted by atomic mass is 10.2. The summed E-state index contributed by atoms with van der Waals surface area (Å²) in [5.41, 5.74) is 0.599. The SMILES string of the molecule is CNC(C)c1cc2c(F)cccc2o1. The molecule has 2 rings (SSSR count). The van der Waals surface area contributed by atoms with Gasteiger partial charge >= 0.3 is 0 Å². The van der Waals surface area contributed by atoms with Gasteiger partial charge in [-0.05, 0) is 32.2 Å². The topological polar surface area (TPSA) is 25.2 Å². The van der Waals surface area contributed by atoms with Gasteiger partial charge in [-0.3, -0.25) is 0 Å². The summed E-state index contributed by atoms with van der Waals surface area (Å²) >= 11 is 0. The van der Waals surface area contributed by atoms with E-state index in [0.717, 1.165) is 5.76 Å². The van der Waals surface area contributed by atoms with Crippen LogP contribution in [0.3, 0.4) is 0 Å². The Morgan fingerprint density at radius 1 is 1.43 bits per heavy atom. The van der Waals surface area contributed by atoms with Crippen molar-refractivity contribution in [2.24, 2.45) is 0 Å². The van der Waals surface area contributed by atoms with Crippen molar-refractivity contribution in [1.82, 2.24) is 5.32 Å².